The standard InChI is InChI=1S/C20H22F3N3O3/c1-13-10-16(18(27)28-2)25-19(24-13)26-9-5-6-14(11-26)12-29-17-8-4-3-7-15(17)20(21,22)23/h3-4,7-8,10,14H,5-6,9,11-12H2,1-2H3/t14-/m1/s1. The zero-order chi connectivity index (χ0) is 21.0. The fraction of sp³-hybridized carbons (Fsp3) is 0.450. The maximum atomic E-state index is 13.1. The van der Waals surface area contributed by atoms with Gasteiger partial charge < -0.3 is 14.4 Å². The zero-order valence-electron chi connectivity index (χ0n) is 16.2. The van der Waals surface area contributed by atoms with Gasteiger partial charge in [0.25, 0.3) is 0 Å². The predicted molar refractivity (Wildman–Crippen MR) is 100.0 cm³/mol. The summed E-state index contributed by atoms with van der Waals surface area (Å²) < 4.78 is 49.6. The summed E-state index contributed by atoms with van der Waals surface area (Å²) in [5.41, 5.74) is 0.0257. The second-order valence-electron chi connectivity index (χ2n) is 6.95. The lowest BCUT2D eigenvalue weighted by molar-refractivity contribution is -0.139. The van der Waals surface area contributed by atoms with Gasteiger partial charge in [-0.1, -0.05) is 12.1 Å². The molecule has 0 amide bonds. The molecule has 1 aliphatic rings. The van der Waals surface area contributed by atoms with Crippen molar-refractivity contribution < 1.29 is 27.4 Å². The van der Waals surface area contributed by atoms with Crippen molar-refractivity contribution in [2.45, 2.75) is 25.9 Å². The van der Waals surface area contributed by atoms with Gasteiger partial charge in [0.05, 0.1) is 19.3 Å². The monoisotopic (exact) mass is 409 g/mol. The predicted octanol–water partition coefficient (Wildman–Crippen LogP) is 3.89. The van der Waals surface area contributed by atoms with E-state index in [1.54, 1.807) is 13.0 Å². The molecule has 6 nitrogen and oxygen atoms in total. The average Bonchev–Trinajstić information content (AvgIpc) is 2.71. The molecular weight excluding hydrogens is 387 g/mol. The highest BCUT2D eigenvalue weighted by atomic mass is 19.4. The number of benzene rings is 1. The number of ether oxygens (including phenoxy) is 2. The van der Waals surface area contributed by atoms with Crippen LogP contribution in [-0.2, 0) is 10.9 Å². The van der Waals surface area contributed by atoms with E-state index in [1.165, 1.54) is 25.3 Å². The van der Waals surface area contributed by atoms with Gasteiger partial charge in [-0.25, -0.2) is 14.8 Å². The molecule has 156 valence electrons. The van der Waals surface area contributed by atoms with E-state index in [0.29, 0.717) is 24.7 Å². The lowest BCUT2D eigenvalue weighted by Gasteiger charge is -2.33. The Morgan fingerprint density at radius 3 is 2.76 bits per heavy atom. The van der Waals surface area contributed by atoms with Gasteiger partial charge in [0, 0.05) is 24.7 Å². The van der Waals surface area contributed by atoms with Crippen LogP contribution in [0.3, 0.4) is 0 Å². The maximum Gasteiger partial charge on any atom is 0.419 e. The number of alkyl halides is 3. The Balaban J connectivity index is 1.70. The number of aromatic nitrogens is 2. The second kappa shape index (κ2) is 8.67. The smallest absolute Gasteiger partial charge is 0.419 e. The first-order valence-corrected chi connectivity index (χ1v) is 9.26. The molecule has 0 saturated carbocycles. The Morgan fingerprint density at radius 1 is 1.28 bits per heavy atom. The Morgan fingerprint density at radius 2 is 2.03 bits per heavy atom. The Labute approximate surface area is 166 Å². The average molecular weight is 409 g/mol. The molecule has 1 aliphatic heterocycles. The molecule has 1 aromatic heterocycles. The summed E-state index contributed by atoms with van der Waals surface area (Å²) >= 11 is 0. The highest BCUT2D eigenvalue weighted by molar-refractivity contribution is 5.87. The molecule has 2 aromatic rings. The van der Waals surface area contributed by atoms with Crippen molar-refractivity contribution in [2.24, 2.45) is 5.92 Å². The van der Waals surface area contributed by atoms with Crippen LogP contribution >= 0.6 is 0 Å². The van der Waals surface area contributed by atoms with Crippen molar-refractivity contribution in [3.8, 4) is 5.75 Å². The van der Waals surface area contributed by atoms with Crippen LogP contribution < -0.4 is 9.64 Å². The summed E-state index contributed by atoms with van der Waals surface area (Å²) in [6, 6.07) is 6.75. The minimum Gasteiger partial charge on any atom is -0.493 e. The van der Waals surface area contributed by atoms with E-state index in [1.807, 2.05) is 4.90 Å². The van der Waals surface area contributed by atoms with Crippen molar-refractivity contribution in [1.82, 2.24) is 9.97 Å². The summed E-state index contributed by atoms with van der Waals surface area (Å²) in [5, 5.41) is 0. The van der Waals surface area contributed by atoms with E-state index >= 15 is 0 Å². The topological polar surface area (TPSA) is 64.5 Å². The summed E-state index contributed by atoms with van der Waals surface area (Å²) in [5.74, 6) is -0.296. The molecule has 0 bridgehead atoms. The molecule has 2 heterocycles. The summed E-state index contributed by atoms with van der Waals surface area (Å²) in [7, 11) is 1.28. The van der Waals surface area contributed by atoms with E-state index in [9.17, 15) is 18.0 Å². The molecule has 1 aromatic carbocycles. The van der Waals surface area contributed by atoms with Crippen LogP contribution in [0.4, 0.5) is 19.1 Å². The number of methoxy groups -OCH3 is 1. The first-order chi connectivity index (χ1) is 13.8. The van der Waals surface area contributed by atoms with E-state index in [0.717, 1.165) is 18.9 Å². The number of carbonyl (C=O) groups excluding carboxylic acids is 1. The number of halogens is 3. The summed E-state index contributed by atoms with van der Waals surface area (Å²) in [6.45, 7) is 3.13. The summed E-state index contributed by atoms with van der Waals surface area (Å²) in [6.07, 6.45) is -2.82. The van der Waals surface area contributed by atoms with Crippen molar-refractivity contribution >= 4 is 11.9 Å². The minimum absolute atomic E-state index is 0.00993. The third-order valence-electron chi connectivity index (χ3n) is 4.71. The number of esters is 1. The van der Waals surface area contributed by atoms with Gasteiger partial charge in [-0.3, -0.25) is 0 Å². The Bertz CT molecular complexity index is 874. The molecule has 3 rings (SSSR count). The van der Waals surface area contributed by atoms with Crippen molar-refractivity contribution in [3.63, 3.8) is 0 Å². The fourth-order valence-electron chi connectivity index (χ4n) is 3.32. The molecule has 1 saturated heterocycles. The molecule has 1 atom stereocenters. The number of piperidine rings is 1. The SMILES string of the molecule is COC(=O)c1cc(C)nc(N2CCC[C@@H](COc3ccccc3C(F)(F)F)C2)n1. The van der Waals surface area contributed by atoms with E-state index in [-0.39, 0.29) is 24.0 Å². The highest BCUT2D eigenvalue weighted by Gasteiger charge is 2.34. The zero-order valence-corrected chi connectivity index (χ0v) is 16.2. The third kappa shape index (κ3) is 5.16. The molecule has 0 unspecified atom stereocenters. The Kier molecular flexibility index (Phi) is 6.24. The number of hydrogen-bond acceptors (Lipinski definition) is 6. The lowest BCUT2D eigenvalue weighted by Crippen LogP contribution is -2.39. The van der Waals surface area contributed by atoms with Gasteiger partial charge in [-0.15, -0.1) is 0 Å². The van der Waals surface area contributed by atoms with Crippen LogP contribution in [0.2, 0.25) is 0 Å². The van der Waals surface area contributed by atoms with E-state index < -0.39 is 17.7 Å². The maximum absolute atomic E-state index is 13.1. The van der Waals surface area contributed by atoms with Crippen molar-refractivity contribution in [1.29, 1.82) is 0 Å². The molecule has 0 aliphatic carbocycles. The number of anilines is 1. The van der Waals surface area contributed by atoms with Gasteiger partial charge in [-0.2, -0.15) is 13.2 Å². The van der Waals surface area contributed by atoms with Crippen LogP contribution in [0, 0.1) is 12.8 Å². The van der Waals surface area contributed by atoms with Crippen LogP contribution in [0.5, 0.6) is 5.75 Å². The highest BCUT2D eigenvalue weighted by Crippen LogP contribution is 2.36. The fourth-order valence-corrected chi connectivity index (χ4v) is 3.32. The van der Waals surface area contributed by atoms with Crippen molar-refractivity contribution in [2.75, 3.05) is 31.7 Å². The quantitative estimate of drug-likeness (QED) is 0.699. The molecule has 9 heteroatoms. The minimum atomic E-state index is -4.46. The summed E-state index contributed by atoms with van der Waals surface area (Å²) in [4.78, 5) is 22.4. The number of hydrogen-bond donors (Lipinski definition) is 0. The molecule has 0 radical (unpaired) electrons. The van der Waals surface area contributed by atoms with Gasteiger partial charge in [0.15, 0.2) is 5.69 Å². The first-order valence-electron chi connectivity index (χ1n) is 9.26. The largest absolute Gasteiger partial charge is 0.493 e. The van der Waals surface area contributed by atoms with E-state index in [4.69, 9.17) is 9.47 Å². The van der Waals surface area contributed by atoms with Crippen LogP contribution in [0.15, 0.2) is 30.3 Å². The molecule has 1 fully saturated rings. The second-order valence-corrected chi connectivity index (χ2v) is 6.95. The van der Waals surface area contributed by atoms with Crippen molar-refractivity contribution in [3.05, 3.63) is 47.3 Å². The molecule has 29 heavy (non-hydrogen) atoms. The lowest BCUT2D eigenvalue weighted by atomic mass is 9.99. The van der Waals surface area contributed by atoms with Gasteiger partial charge in [-0.05, 0) is 38.0 Å². The number of nitrogens with zero attached hydrogens (tertiary/aromatic N) is 3. The van der Waals surface area contributed by atoms with Crippen LogP contribution in [0.25, 0.3) is 0 Å². The van der Waals surface area contributed by atoms with Crippen LogP contribution in [0.1, 0.15) is 34.6 Å². The Hall–Kier alpha value is -2.84. The van der Waals surface area contributed by atoms with Gasteiger partial charge in [0.1, 0.15) is 5.75 Å². The first kappa shape index (κ1) is 20.9. The number of para-hydroxylation sites is 1. The van der Waals surface area contributed by atoms with Gasteiger partial charge in [0.2, 0.25) is 5.95 Å². The third-order valence-corrected chi connectivity index (χ3v) is 4.71. The number of carbonyl (C=O) groups is 1. The number of aryl methyl sites for hydroxylation is 1. The molecule has 0 spiro atoms. The normalized spacial score (nSPS) is 17.1. The van der Waals surface area contributed by atoms with Gasteiger partial charge >= 0.3 is 12.1 Å². The number of rotatable bonds is 5. The molecule has 0 N–H and O–H groups in total. The molecular formula is C20H22F3N3O3. The van der Waals surface area contributed by atoms with Crippen LogP contribution in [-0.4, -0.2) is 42.7 Å². The van der Waals surface area contributed by atoms with E-state index in [2.05, 4.69) is 9.97 Å².